The first kappa shape index (κ1) is 22.1. The minimum Gasteiger partial charge on any atom is -0.428 e. The van der Waals surface area contributed by atoms with E-state index in [4.69, 9.17) is 5.53 Å². The smallest absolute Gasteiger partial charge is 0.428 e. The molecule has 2 aromatic heterocycles. The fourth-order valence-electron chi connectivity index (χ4n) is 4.07. The maximum Gasteiger partial charge on any atom is 0.461 e. The van der Waals surface area contributed by atoms with E-state index < -0.39 is 12.5 Å². The topological polar surface area (TPSA) is 90.2 Å². The number of nitrogens with one attached hydrogen (secondary N) is 2. The Kier molecular flexibility index (Phi) is 6.35. The van der Waals surface area contributed by atoms with Crippen LogP contribution in [0.2, 0.25) is 0 Å². The lowest BCUT2D eigenvalue weighted by Crippen LogP contribution is -2.35. The average molecular weight is 450 g/mol. The summed E-state index contributed by atoms with van der Waals surface area (Å²) < 4.78 is 54.6. The zero-order chi connectivity index (χ0) is 22.7. The van der Waals surface area contributed by atoms with Gasteiger partial charge in [-0.1, -0.05) is 12.1 Å². The number of aromatic nitrogens is 3. The number of rotatable bonds is 8. The van der Waals surface area contributed by atoms with Gasteiger partial charge in [-0.2, -0.15) is 22.7 Å². The van der Waals surface area contributed by atoms with Crippen LogP contribution in [0.3, 0.4) is 0 Å². The van der Waals surface area contributed by atoms with Crippen molar-refractivity contribution in [3.05, 3.63) is 54.1 Å². The highest BCUT2D eigenvalue weighted by Gasteiger charge is 2.43. The van der Waals surface area contributed by atoms with Crippen molar-refractivity contribution in [1.82, 2.24) is 19.9 Å². The van der Waals surface area contributed by atoms with Gasteiger partial charge in [0.1, 0.15) is 23.8 Å². The van der Waals surface area contributed by atoms with Gasteiger partial charge in [0, 0.05) is 18.1 Å². The molecule has 1 unspecified atom stereocenters. The monoisotopic (exact) mass is 450 g/mol. The van der Waals surface area contributed by atoms with E-state index in [1.165, 1.54) is 18.5 Å². The third kappa shape index (κ3) is 4.72. The molecule has 4 rings (SSSR count). The van der Waals surface area contributed by atoms with E-state index >= 15 is 0 Å². The van der Waals surface area contributed by atoms with Crippen LogP contribution in [0.5, 0.6) is 5.75 Å². The SMILES string of the molecule is N=NC(c1ncnc2[nH]ccc12)C1CCN(Cc2ccc(OC(F)(F)C(F)F)cc2)CC1. The Bertz CT molecular complexity index is 1050. The van der Waals surface area contributed by atoms with Gasteiger partial charge in [-0.25, -0.2) is 15.5 Å². The van der Waals surface area contributed by atoms with Crippen LogP contribution in [0.4, 0.5) is 17.6 Å². The molecule has 1 fully saturated rings. The predicted molar refractivity (Wildman–Crippen MR) is 108 cm³/mol. The van der Waals surface area contributed by atoms with E-state index in [-0.39, 0.29) is 17.7 Å². The Labute approximate surface area is 181 Å². The molecule has 0 saturated carbocycles. The molecule has 1 aromatic carbocycles. The van der Waals surface area contributed by atoms with Crippen LogP contribution in [-0.4, -0.2) is 45.5 Å². The molecule has 0 bridgehead atoms. The molecule has 1 saturated heterocycles. The summed E-state index contributed by atoms with van der Waals surface area (Å²) in [5, 5.41) is 4.74. The van der Waals surface area contributed by atoms with Crippen LogP contribution >= 0.6 is 0 Å². The zero-order valence-electron chi connectivity index (χ0n) is 17.0. The Morgan fingerprint density at radius 3 is 2.53 bits per heavy atom. The molecule has 3 aromatic rings. The molecule has 11 heteroatoms. The first-order chi connectivity index (χ1) is 15.4. The van der Waals surface area contributed by atoms with Gasteiger partial charge in [-0.05, 0) is 55.6 Å². The summed E-state index contributed by atoms with van der Waals surface area (Å²) in [7, 11) is 0. The van der Waals surface area contributed by atoms with Crippen LogP contribution in [0.1, 0.15) is 30.1 Å². The number of H-pyrrole nitrogens is 1. The average Bonchev–Trinajstić information content (AvgIpc) is 3.26. The number of alkyl halides is 4. The largest absolute Gasteiger partial charge is 0.461 e. The maximum absolute atomic E-state index is 13.0. The fourth-order valence-corrected chi connectivity index (χ4v) is 4.07. The van der Waals surface area contributed by atoms with Crippen molar-refractivity contribution in [3.63, 3.8) is 0 Å². The van der Waals surface area contributed by atoms with Gasteiger partial charge >= 0.3 is 12.5 Å². The molecular formula is C21H22F4N6O. The lowest BCUT2D eigenvalue weighted by atomic mass is 9.87. The number of halogens is 4. The molecule has 3 heterocycles. The Morgan fingerprint density at radius 1 is 1.16 bits per heavy atom. The standard InChI is InChI=1S/C21H22F4N6O/c22-20(23)21(24,25)32-15-3-1-13(2-4-15)11-31-9-6-14(7-10-31)17(30-26)18-16-5-8-27-19(16)29-12-28-18/h1-5,8,12,14,17,20,26H,6-7,9-11H2,(H,27,28,29). The molecule has 32 heavy (non-hydrogen) atoms. The normalized spacial score (nSPS) is 17.0. The van der Waals surface area contributed by atoms with Crippen LogP contribution in [0, 0.1) is 11.4 Å². The number of hydrogen-bond donors (Lipinski definition) is 2. The third-order valence-electron chi connectivity index (χ3n) is 5.72. The predicted octanol–water partition coefficient (Wildman–Crippen LogP) is 5.18. The molecule has 0 spiro atoms. The number of piperidine rings is 1. The van der Waals surface area contributed by atoms with E-state index in [0.717, 1.165) is 48.2 Å². The summed E-state index contributed by atoms with van der Waals surface area (Å²) in [6, 6.07) is 7.27. The summed E-state index contributed by atoms with van der Waals surface area (Å²) in [4.78, 5) is 13.8. The highest BCUT2D eigenvalue weighted by atomic mass is 19.3. The quantitative estimate of drug-likeness (QED) is 0.366. The van der Waals surface area contributed by atoms with Gasteiger partial charge in [-0.3, -0.25) is 4.90 Å². The second-order valence-corrected chi connectivity index (χ2v) is 7.79. The first-order valence-corrected chi connectivity index (χ1v) is 10.2. The van der Waals surface area contributed by atoms with Crippen LogP contribution < -0.4 is 4.74 Å². The number of hydrogen-bond acceptors (Lipinski definition) is 6. The highest BCUT2D eigenvalue weighted by Crippen LogP contribution is 2.36. The van der Waals surface area contributed by atoms with E-state index in [0.29, 0.717) is 6.54 Å². The Morgan fingerprint density at radius 2 is 1.88 bits per heavy atom. The van der Waals surface area contributed by atoms with Crippen molar-refractivity contribution in [2.75, 3.05) is 13.1 Å². The molecule has 0 amide bonds. The molecule has 0 radical (unpaired) electrons. The second-order valence-electron chi connectivity index (χ2n) is 7.79. The highest BCUT2D eigenvalue weighted by molar-refractivity contribution is 5.78. The number of likely N-dealkylation sites (tertiary alicyclic amines) is 1. The lowest BCUT2D eigenvalue weighted by Gasteiger charge is -2.34. The summed E-state index contributed by atoms with van der Waals surface area (Å²) >= 11 is 0. The van der Waals surface area contributed by atoms with Crippen molar-refractivity contribution in [1.29, 1.82) is 5.53 Å². The summed E-state index contributed by atoms with van der Waals surface area (Å²) in [6.45, 7) is 2.15. The zero-order valence-corrected chi connectivity index (χ0v) is 17.0. The minimum atomic E-state index is -4.52. The summed E-state index contributed by atoms with van der Waals surface area (Å²) in [6.07, 6.45) is -3.49. The molecular weight excluding hydrogens is 428 g/mol. The first-order valence-electron chi connectivity index (χ1n) is 10.2. The van der Waals surface area contributed by atoms with Crippen LogP contribution in [-0.2, 0) is 6.54 Å². The molecule has 1 aliphatic rings. The third-order valence-corrected chi connectivity index (χ3v) is 5.72. The molecule has 170 valence electrons. The number of aromatic amines is 1. The van der Waals surface area contributed by atoms with E-state index in [2.05, 4.69) is 29.7 Å². The minimum absolute atomic E-state index is 0.170. The van der Waals surface area contributed by atoms with Gasteiger partial charge in [-0.15, -0.1) is 0 Å². The van der Waals surface area contributed by atoms with Gasteiger partial charge in [0.2, 0.25) is 0 Å². The van der Waals surface area contributed by atoms with Gasteiger partial charge in [0.15, 0.2) is 0 Å². The number of nitrogens with zero attached hydrogens (tertiary/aromatic N) is 4. The van der Waals surface area contributed by atoms with E-state index in [1.54, 1.807) is 18.3 Å². The van der Waals surface area contributed by atoms with Crippen molar-refractivity contribution in [2.24, 2.45) is 11.0 Å². The van der Waals surface area contributed by atoms with Crippen molar-refractivity contribution in [3.8, 4) is 5.75 Å². The summed E-state index contributed by atoms with van der Waals surface area (Å²) in [5.41, 5.74) is 10.1. The van der Waals surface area contributed by atoms with Crippen LogP contribution in [0.15, 0.2) is 48.0 Å². The van der Waals surface area contributed by atoms with Crippen molar-refractivity contribution >= 4 is 11.0 Å². The van der Waals surface area contributed by atoms with Crippen LogP contribution in [0.25, 0.3) is 11.0 Å². The number of ether oxygens (including phenoxy) is 1. The van der Waals surface area contributed by atoms with Gasteiger partial charge in [0.25, 0.3) is 0 Å². The van der Waals surface area contributed by atoms with Crippen molar-refractivity contribution in [2.45, 2.75) is 38.0 Å². The molecule has 7 nitrogen and oxygen atoms in total. The second kappa shape index (κ2) is 9.19. The number of benzene rings is 1. The number of fused-ring (bicyclic) bond motifs is 1. The van der Waals surface area contributed by atoms with Crippen molar-refractivity contribution < 1.29 is 22.3 Å². The Hall–Kier alpha value is -3.08. The lowest BCUT2D eigenvalue weighted by molar-refractivity contribution is -0.253. The summed E-state index contributed by atoms with van der Waals surface area (Å²) in [5.74, 6) is -0.136. The maximum atomic E-state index is 13.0. The molecule has 1 atom stereocenters. The van der Waals surface area contributed by atoms with Gasteiger partial charge in [0.05, 0.1) is 5.69 Å². The van der Waals surface area contributed by atoms with Gasteiger partial charge < -0.3 is 9.72 Å². The van der Waals surface area contributed by atoms with E-state index in [1.807, 2.05) is 6.07 Å². The fraction of sp³-hybridized carbons (Fsp3) is 0.429. The Balaban J connectivity index is 1.35. The molecule has 1 aliphatic heterocycles. The molecule has 2 N–H and O–H groups in total. The van der Waals surface area contributed by atoms with E-state index in [9.17, 15) is 17.6 Å². The molecule has 0 aliphatic carbocycles.